The highest BCUT2D eigenvalue weighted by Crippen LogP contribution is 2.18. The number of halogens is 1. The maximum Gasteiger partial charge on any atom is 0.258 e. The van der Waals surface area contributed by atoms with Gasteiger partial charge in [0.25, 0.3) is 5.91 Å². The molecule has 0 fully saturated rings. The summed E-state index contributed by atoms with van der Waals surface area (Å²) in [5.74, 6) is -0.912. The molecule has 0 bridgehead atoms. The Labute approximate surface area is 112 Å². The number of anilines is 1. The average molecular weight is 257 g/mol. The molecule has 0 saturated carbocycles. The maximum atomic E-state index is 13.7. The van der Waals surface area contributed by atoms with Gasteiger partial charge in [-0.2, -0.15) is 0 Å². The second-order valence-corrected chi connectivity index (χ2v) is 4.45. The van der Waals surface area contributed by atoms with E-state index in [0.717, 1.165) is 23.2 Å². The largest absolute Gasteiger partial charge is 0.322 e. The number of rotatable bonds is 3. The van der Waals surface area contributed by atoms with Gasteiger partial charge in [-0.05, 0) is 42.7 Å². The summed E-state index contributed by atoms with van der Waals surface area (Å²) < 4.78 is 13.7. The Bertz CT molecular complexity index is 607. The number of carbonyl (C=O) groups excluding carboxylic acids is 1. The average Bonchev–Trinajstić information content (AvgIpc) is 2.39. The van der Waals surface area contributed by atoms with E-state index < -0.39 is 11.7 Å². The van der Waals surface area contributed by atoms with E-state index in [-0.39, 0.29) is 5.56 Å². The zero-order valence-corrected chi connectivity index (χ0v) is 11.0. The first-order valence-electron chi connectivity index (χ1n) is 6.27. The standard InChI is InChI=1S/C16H16FNO/c1-3-12-6-4-5-7-15(12)18-16(19)13-9-8-11(2)10-14(13)17/h4-10H,3H2,1-2H3,(H,18,19). The number of hydrogen-bond donors (Lipinski definition) is 1. The van der Waals surface area contributed by atoms with Crippen molar-refractivity contribution in [3.8, 4) is 0 Å². The van der Waals surface area contributed by atoms with Crippen LogP contribution in [0.25, 0.3) is 0 Å². The summed E-state index contributed by atoms with van der Waals surface area (Å²) in [5, 5.41) is 2.76. The molecule has 0 aliphatic carbocycles. The van der Waals surface area contributed by atoms with Gasteiger partial charge in [-0.1, -0.05) is 31.2 Å². The molecule has 0 spiro atoms. The van der Waals surface area contributed by atoms with Crippen molar-refractivity contribution in [1.29, 1.82) is 0 Å². The molecule has 2 rings (SSSR count). The molecular formula is C16H16FNO. The van der Waals surface area contributed by atoms with Crippen LogP contribution in [0.15, 0.2) is 42.5 Å². The Morgan fingerprint density at radius 2 is 1.95 bits per heavy atom. The van der Waals surface area contributed by atoms with Crippen molar-refractivity contribution in [2.45, 2.75) is 20.3 Å². The summed E-state index contributed by atoms with van der Waals surface area (Å²) in [6.07, 6.45) is 0.812. The zero-order chi connectivity index (χ0) is 13.8. The smallest absolute Gasteiger partial charge is 0.258 e. The molecule has 1 amide bonds. The summed E-state index contributed by atoms with van der Waals surface area (Å²) in [6, 6.07) is 12.1. The molecule has 1 N–H and O–H groups in total. The Kier molecular flexibility index (Phi) is 3.95. The molecule has 2 nitrogen and oxygen atoms in total. The predicted octanol–water partition coefficient (Wildman–Crippen LogP) is 3.95. The number of carbonyl (C=O) groups is 1. The second-order valence-electron chi connectivity index (χ2n) is 4.45. The van der Waals surface area contributed by atoms with Crippen molar-refractivity contribution in [1.82, 2.24) is 0 Å². The fraction of sp³-hybridized carbons (Fsp3) is 0.188. The minimum atomic E-state index is -0.494. The van der Waals surface area contributed by atoms with E-state index in [9.17, 15) is 9.18 Å². The topological polar surface area (TPSA) is 29.1 Å². The van der Waals surface area contributed by atoms with E-state index >= 15 is 0 Å². The highest BCUT2D eigenvalue weighted by atomic mass is 19.1. The Morgan fingerprint density at radius 3 is 2.63 bits per heavy atom. The lowest BCUT2D eigenvalue weighted by Crippen LogP contribution is -2.15. The molecule has 19 heavy (non-hydrogen) atoms. The molecular weight excluding hydrogens is 241 g/mol. The van der Waals surface area contributed by atoms with Gasteiger partial charge < -0.3 is 5.32 Å². The van der Waals surface area contributed by atoms with E-state index in [0.29, 0.717) is 0 Å². The van der Waals surface area contributed by atoms with Gasteiger partial charge in [0.1, 0.15) is 5.82 Å². The van der Waals surface area contributed by atoms with Gasteiger partial charge >= 0.3 is 0 Å². The van der Waals surface area contributed by atoms with Crippen molar-refractivity contribution in [2.75, 3.05) is 5.32 Å². The van der Waals surface area contributed by atoms with Crippen LogP contribution < -0.4 is 5.32 Å². The molecule has 0 aromatic heterocycles. The SMILES string of the molecule is CCc1ccccc1NC(=O)c1ccc(C)cc1F. The fourth-order valence-corrected chi connectivity index (χ4v) is 1.94. The lowest BCUT2D eigenvalue weighted by Gasteiger charge is -2.10. The number of amides is 1. The summed E-state index contributed by atoms with van der Waals surface area (Å²) in [6.45, 7) is 3.80. The molecule has 0 saturated heterocycles. The van der Waals surface area contributed by atoms with Gasteiger partial charge in [0.05, 0.1) is 5.56 Å². The number of para-hydroxylation sites is 1. The van der Waals surface area contributed by atoms with Crippen LogP contribution in [-0.2, 0) is 6.42 Å². The molecule has 0 atom stereocenters. The van der Waals surface area contributed by atoms with Crippen LogP contribution in [0.4, 0.5) is 10.1 Å². The predicted molar refractivity (Wildman–Crippen MR) is 74.9 cm³/mol. The molecule has 2 aromatic carbocycles. The highest BCUT2D eigenvalue weighted by molar-refractivity contribution is 6.04. The van der Waals surface area contributed by atoms with Crippen LogP contribution in [0.5, 0.6) is 0 Å². The first-order chi connectivity index (χ1) is 9.11. The number of aryl methyl sites for hydroxylation is 2. The number of hydrogen-bond acceptors (Lipinski definition) is 1. The van der Waals surface area contributed by atoms with E-state index in [4.69, 9.17) is 0 Å². The third-order valence-corrected chi connectivity index (χ3v) is 3.02. The van der Waals surface area contributed by atoms with Crippen molar-refractivity contribution < 1.29 is 9.18 Å². The molecule has 0 heterocycles. The number of benzene rings is 2. The van der Waals surface area contributed by atoms with E-state index in [1.165, 1.54) is 12.1 Å². The zero-order valence-electron chi connectivity index (χ0n) is 11.0. The summed E-state index contributed by atoms with van der Waals surface area (Å²) in [5.41, 5.74) is 2.62. The van der Waals surface area contributed by atoms with Crippen LogP contribution >= 0.6 is 0 Å². The van der Waals surface area contributed by atoms with Crippen molar-refractivity contribution in [2.24, 2.45) is 0 Å². The van der Waals surface area contributed by atoms with Gasteiger partial charge in [-0.25, -0.2) is 4.39 Å². The molecule has 3 heteroatoms. The second kappa shape index (κ2) is 5.65. The molecule has 0 unspecified atom stereocenters. The Morgan fingerprint density at radius 1 is 1.21 bits per heavy atom. The number of nitrogens with one attached hydrogen (secondary N) is 1. The van der Waals surface area contributed by atoms with Crippen LogP contribution in [0.1, 0.15) is 28.4 Å². The van der Waals surface area contributed by atoms with Gasteiger partial charge in [-0.15, -0.1) is 0 Å². The van der Waals surface area contributed by atoms with E-state index in [1.54, 1.807) is 13.0 Å². The minimum absolute atomic E-state index is 0.0662. The van der Waals surface area contributed by atoms with Gasteiger partial charge in [0.2, 0.25) is 0 Å². The first-order valence-corrected chi connectivity index (χ1v) is 6.27. The van der Waals surface area contributed by atoms with E-state index in [2.05, 4.69) is 5.32 Å². The van der Waals surface area contributed by atoms with Crippen LogP contribution in [-0.4, -0.2) is 5.91 Å². The van der Waals surface area contributed by atoms with Crippen molar-refractivity contribution in [3.63, 3.8) is 0 Å². The van der Waals surface area contributed by atoms with Crippen LogP contribution in [0, 0.1) is 12.7 Å². The monoisotopic (exact) mass is 257 g/mol. The molecule has 0 aliphatic rings. The fourth-order valence-electron chi connectivity index (χ4n) is 1.94. The Balaban J connectivity index is 2.26. The van der Waals surface area contributed by atoms with Crippen LogP contribution in [0.2, 0.25) is 0 Å². The Hall–Kier alpha value is -2.16. The van der Waals surface area contributed by atoms with Crippen molar-refractivity contribution >= 4 is 11.6 Å². The van der Waals surface area contributed by atoms with Gasteiger partial charge in [-0.3, -0.25) is 4.79 Å². The molecule has 98 valence electrons. The normalized spacial score (nSPS) is 10.3. The first kappa shape index (κ1) is 13.3. The van der Waals surface area contributed by atoms with E-state index in [1.807, 2.05) is 31.2 Å². The van der Waals surface area contributed by atoms with Crippen molar-refractivity contribution in [3.05, 3.63) is 65.0 Å². The summed E-state index contributed by atoms with van der Waals surface area (Å²) in [4.78, 5) is 12.1. The third-order valence-electron chi connectivity index (χ3n) is 3.02. The van der Waals surface area contributed by atoms with Gasteiger partial charge in [0.15, 0.2) is 0 Å². The highest BCUT2D eigenvalue weighted by Gasteiger charge is 2.12. The molecule has 2 aromatic rings. The van der Waals surface area contributed by atoms with Crippen LogP contribution in [0.3, 0.4) is 0 Å². The maximum absolute atomic E-state index is 13.7. The molecule has 0 radical (unpaired) electrons. The van der Waals surface area contributed by atoms with Gasteiger partial charge in [0, 0.05) is 5.69 Å². The third kappa shape index (κ3) is 2.99. The lowest BCUT2D eigenvalue weighted by atomic mass is 10.1. The molecule has 0 aliphatic heterocycles. The lowest BCUT2D eigenvalue weighted by molar-refractivity contribution is 0.102. The summed E-state index contributed by atoms with van der Waals surface area (Å²) in [7, 11) is 0. The summed E-state index contributed by atoms with van der Waals surface area (Å²) >= 11 is 0. The quantitative estimate of drug-likeness (QED) is 0.886. The minimum Gasteiger partial charge on any atom is -0.322 e.